The first-order valence-corrected chi connectivity index (χ1v) is 12.5. The average molecular weight is 502 g/mol. The van der Waals surface area contributed by atoms with Crippen molar-refractivity contribution >= 4 is 22.4 Å². The Kier molecular flexibility index (Phi) is 6.94. The van der Waals surface area contributed by atoms with Crippen LogP contribution >= 0.6 is 0 Å². The Morgan fingerprint density at radius 1 is 1.14 bits per heavy atom. The first-order chi connectivity index (χ1) is 17.4. The molecule has 1 aromatic carbocycles. The second-order valence-electron chi connectivity index (χ2n) is 9.71. The van der Waals surface area contributed by atoms with Crippen LogP contribution in [0, 0.1) is 11.6 Å². The molecule has 0 radical (unpaired) electrons. The van der Waals surface area contributed by atoms with Crippen molar-refractivity contribution in [2.45, 2.75) is 37.6 Å². The summed E-state index contributed by atoms with van der Waals surface area (Å²) < 4.78 is 41.4. The number of hydrogen-bond acceptors (Lipinski definition) is 9. The fraction of sp³-hybridized carbons (Fsp3) is 0.560. The first-order valence-electron chi connectivity index (χ1n) is 12.5. The Bertz CT molecular complexity index is 1190. The van der Waals surface area contributed by atoms with E-state index >= 15 is 4.39 Å². The highest BCUT2D eigenvalue weighted by atomic mass is 19.1. The smallest absolute Gasteiger partial charge is 0.319 e. The summed E-state index contributed by atoms with van der Waals surface area (Å²) in [5.74, 6) is -1.38. The van der Waals surface area contributed by atoms with Crippen LogP contribution < -0.4 is 25.8 Å². The van der Waals surface area contributed by atoms with E-state index in [4.69, 9.17) is 25.9 Å². The van der Waals surface area contributed by atoms with E-state index in [1.165, 1.54) is 7.11 Å². The highest BCUT2D eigenvalue weighted by Crippen LogP contribution is 2.40. The fourth-order valence-corrected chi connectivity index (χ4v) is 5.68. The van der Waals surface area contributed by atoms with Crippen LogP contribution in [-0.4, -0.2) is 79.1 Å². The number of nitrogens with two attached hydrogens (primary N) is 2. The summed E-state index contributed by atoms with van der Waals surface area (Å²) in [6.45, 7) is 4.25. The zero-order valence-electron chi connectivity index (χ0n) is 20.6. The number of ether oxygens (including phenoxy) is 2. The van der Waals surface area contributed by atoms with E-state index in [9.17, 15) is 4.39 Å². The van der Waals surface area contributed by atoms with Gasteiger partial charge in [-0.1, -0.05) is 0 Å². The summed E-state index contributed by atoms with van der Waals surface area (Å²) in [7, 11) is 1.35. The molecule has 5 rings (SSSR count). The Morgan fingerprint density at radius 2 is 1.92 bits per heavy atom. The molecule has 194 valence electrons. The summed E-state index contributed by atoms with van der Waals surface area (Å²) in [5.41, 5.74) is 12.8. The molecule has 0 unspecified atom stereocenters. The maximum absolute atomic E-state index is 15.1. The van der Waals surface area contributed by atoms with Crippen molar-refractivity contribution in [3.05, 3.63) is 29.5 Å². The van der Waals surface area contributed by atoms with Crippen molar-refractivity contribution in [1.82, 2.24) is 14.9 Å². The van der Waals surface area contributed by atoms with Gasteiger partial charge in [0.25, 0.3) is 0 Å². The van der Waals surface area contributed by atoms with Crippen LogP contribution in [0.2, 0.25) is 0 Å². The van der Waals surface area contributed by atoms with Crippen LogP contribution in [-0.2, 0) is 0 Å². The minimum absolute atomic E-state index is 0.0233. The third-order valence-electron chi connectivity index (χ3n) is 7.42. The van der Waals surface area contributed by atoms with E-state index in [2.05, 4.69) is 14.9 Å². The van der Waals surface area contributed by atoms with Gasteiger partial charge >= 0.3 is 6.01 Å². The third-order valence-corrected chi connectivity index (χ3v) is 7.42. The number of anilines is 1. The molecule has 0 spiro atoms. The topological polar surface area (TPSA) is 115 Å². The Hall–Kier alpha value is -3.05. The molecule has 0 amide bonds. The largest absolute Gasteiger partial charge is 0.493 e. The number of aliphatic imine (C=N–C) groups is 1. The lowest BCUT2D eigenvalue weighted by Gasteiger charge is -2.31. The van der Waals surface area contributed by atoms with Crippen LogP contribution in [0.5, 0.6) is 11.8 Å². The van der Waals surface area contributed by atoms with Crippen molar-refractivity contribution < 1.29 is 18.3 Å². The van der Waals surface area contributed by atoms with Gasteiger partial charge in [-0.2, -0.15) is 9.97 Å². The monoisotopic (exact) mass is 501 g/mol. The van der Waals surface area contributed by atoms with E-state index in [0.29, 0.717) is 43.5 Å². The van der Waals surface area contributed by atoms with Crippen LogP contribution in [0.4, 0.5) is 14.6 Å². The maximum Gasteiger partial charge on any atom is 0.319 e. The zero-order chi connectivity index (χ0) is 25.3. The highest BCUT2D eigenvalue weighted by molar-refractivity contribution is 6.02. The standard InChI is InChI=1S/C25H33F2N7O2/c1-35-22-19(27)12-18(26)21-20(22)23(33-8-4-7-30-17(14-33)11-16(29)13-28)32-24(31-21)36-15-25-5-2-9-34(25)10-3-6-25/h11-12H,2-10,13-15,28-29H2,1H3/b16-11-. The molecule has 0 bridgehead atoms. The van der Waals surface area contributed by atoms with E-state index in [1.807, 2.05) is 4.90 Å². The Labute approximate surface area is 209 Å². The summed E-state index contributed by atoms with van der Waals surface area (Å²) >= 11 is 0. The van der Waals surface area contributed by atoms with Gasteiger partial charge in [0.1, 0.15) is 17.9 Å². The SMILES string of the molecule is COc1c(F)cc(F)c2nc(OCC34CCCN3CCC4)nc(N3CCCN=C(/C=C(\N)CN)C3)c12. The lowest BCUT2D eigenvalue weighted by Crippen LogP contribution is -2.43. The molecule has 1 aromatic heterocycles. The van der Waals surface area contributed by atoms with Gasteiger partial charge in [0.2, 0.25) is 0 Å². The Morgan fingerprint density at radius 3 is 2.64 bits per heavy atom. The summed E-state index contributed by atoms with van der Waals surface area (Å²) in [6.07, 6.45) is 6.84. The summed E-state index contributed by atoms with van der Waals surface area (Å²) in [6, 6.07) is 0.855. The number of fused-ring (bicyclic) bond motifs is 2. The number of halogens is 2. The number of methoxy groups -OCH3 is 1. The van der Waals surface area contributed by atoms with Gasteiger partial charge in [-0.15, -0.1) is 0 Å². The minimum Gasteiger partial charge on any atom is -0.493 e. The molecule has 0 saturated carbocycles. The van der Waals surface area contributed by atoms with Gasteiger partial charge in [0, 0.05) is 31.4 Å². The first kappa shape index (κ1) is 24.6. The molecule has 3 aliphatic rings. The minimum atomic E-state index is -0.816. The molecule has 4 heterocycles. The van der Waals surface area contributed by atoms with Gasteiger partial charge in [-0.25, -0.2) is 8.78 Å². The second kappa shape index (κ2) is 10.1. The predicted molar refractivity (Wildman–Crippen MR) is 135 cm³/mol. The number of rotatable bonds is 7. The molecule has 11 heteroatoms. The maximum atomic E-state index is 15.1. The van der Waals surface area contributed by atoms with E-state index in [0.717, 1.165) is 51.3 Å². The lowest BCUT2D eigenvalue weighted by atomic mass is 9.95. The summed E-state index contributed by atoms with van der Waals surface area (Å²) in [4.78, 5) is 18.1. The van der Waals surface area contributed by atoms with E-state index in [1.54, 1.807) is 6.08 Å². The van der Waals surface area contributed by atoms with Gasteiger partial charge in [0.15, 0.2) is 17.4 Å². The Balaban J connectivity index is 1.56. The second-order valence-corrected chi connectivity index (χ2v) is 9.71. The molecule has 2 aromatic rings. The number of benzene rings is 1. The average Bonchev–Trinajstić information content (AvgIpc) is 3.36. The van der Waals surface area contributed by atoms with Crippen molar-refractivity contribution in [2.24, 2.45) is 16.5 Å². The van der Waals surface area contributed by atoms with E-state index in [-0.39, 0.29) is 34.7 Å². The van der Waals surface area contributed by atoms with Crippen LogP contribution in [0.3, 0.4) is 0 Å². The van der Waals surface area contributed by atoms with Crippen molar-refractivity contribution in [3.8, 4) is 11.8 Å². The molecule has 3 aliphatic heterocycles. The lowest BCUT2D eigenvalue weighted by molar-refractivity contribution is 0.108. The zero-order valence-corrected chi connectivity index (χ0v) is 20.6. The highest BCUT2D eigenvalue weighted by Gasteiger charge is 2.45. The molecule has 4 N–H and O–H groups in total. The molecule has 2 fully saturated rings. The number of aromatic nitrogens is 2. The molecule has 0 atom stereocenters. The van der Waals surface area contributed by atoms with E-state index < -0.39 is 11.6 Å². The van der Waals surface area contributed by atoms with Crippen LogP contribution in [0.15, 0.2) is 22.8 Å². The summed E-state index contributed by atoms with van der Waals surface area (Å²) in [5, 5.41) is 0.167. The fourth-order valence-electron chi connectivity index (χ4n) is 5.68. The van der Waals surface area contributed by atoms with Crippen LogP contribution in [0.1, 0.15) is 32.1 Å². The quantitative estimate of drug-likeness (QED) is 0.594. The van der Waals surface area contributed by atoms with Gasteiger partial charge < -0.3 is 25.8 Å². The normalized spacial score (nSPS) is 20.4. The van der Waals surface area contributed by atoms with Crippen LogP contribution in [0.25, 0.3) is 10.9 Å². The molecule has 9 nitrogen and oxygen atoms in total. The van der Waals surface area contributed by atoms with Crippen molar-refractivity contribution in [1.29, 1.82) is 0 Å². The molecule has 2 saturated heterocycles. The molecule has 36 heavy (non-hydrogen) atoms. The molecular formula is C25H33F2N7O2. The van der Waals surface area contributed by atoms with Gasteiger partial charge in [-0.05, 0) is 51.3 Å². The van der Waals surface area contributed by atoms with Crippen molar-refractivity contribution in [3.63, 3.8) is 0 Å². The van der Waals surface area contributed by atoms with Crippen molar-refractivity contribution in [2.75, 3.05) is 57.9 Å². The molecular weight excluding hydrogens is 468 g/mol. The predicted octanol–water partition coefficient (Wildman–Crippen LogP) is 2.38. The number of nitrogens with zero attached hydrogens (tertiary/aromatic N) is 5. The molecule has 0 aliphatic carbocycles. The van der Waals surface area contributed by atoms with Gasteiger partial charge in [-0.3, -0.25) is 9.89 Å². The van der Waals surface area contributed by atoms with Gasteiger partial charge in [0.05, 0.1) is 30.3 Å². The number of hydrogen-bond donors (Lipinski definition) is 2. The third kappa shape index (κ3) is 4.57.